The summed E-state index contributed by atoms with van der Waals surface area (Å²) in [4.78, 5) is 134. The molecule has 10 rings (SSSR count). The summed E-state index contributed by atoms with van der Waals surface area (Å²) in [7, 11) is 1.26. The number of pyridine rings is 2. The van der Waals surface area contributed by atoms with Gasteiger partial charge in [-0.25, -0.2) is 9.78 Å². The van der Waals surface area contributed by atoms with Crippen LogP contribution in [0.1, 0.15) is 120 Å². The molecule has 1 aromatic carbocycles. The Morgan fingerprint density at radius 2 is 1.18 bits per heavy atom. The van der Waals surface area contributed by atoms with E-state index in [1.807, 2.05) is 6.92 Å². The smallest absolute Gasteiger partial charge is 0.355 e. The van der Waals surface area contributed by atoms with Crippen LogP contribution in [0, 0.1) is 24.2 Å². The number of carbonyl (C=O) groups is 9. The van der Waals surface area contributed by atoms with Gasteiger partial charge in [0.25, 0.3) is 17.4 Å². The summed E-state index contributed by atoms with van der Waals surface area (Å²) in [5.74, 6) is -1.50. The zero-order chi connectivity index (χ0) is 94.5. The van der Waals surface area contributed by atoms with Crippen LogP contribution >= 0.6 is 0 Å². The molecule has 3 saturated heterocycles. The number of phenols is 1. The third-order valence-corrected chi connectivity index (χ3v) is 23.0. The number of hydrogen-bond donors (Lipinski definition) is 14. The number of amides is 7. The van der Waals surface area contributed by atoms with E-state index in [1.165, 1.54) is 30.2 Å². The Morgan fingerprint density at radius 3 is 1.76 bits per heavy atom. The SMILES string of the molecule is C#CCNC(=O)CCCCCO[C@H]1[C@H](O)[C@@H](O)[C@@H](OC)O[C@@H]1CO[C@H]1O[C@H](CO[C@H]2O[C@H](CO)[C@@H](O)[C@H](O)[C@H]2O)[C@@H](OCCCCCC(=O)NCCOCCOCCNC(=O)C2CCC(CN3C(=O)C=CC3=O)CC2)[C@H](O)[C@H]1O.CCc1c2c(nc3ccc(O)cc13)-c1cc3c(c(=O)n1C2)COC(=O)[C@@]3(CC)OC(=O)CNC(=O)COCC(=O)NCCOCCOCCN=[N+]=[N-]. The van der Waals surface area contributed by atoms with Crippen LogP contribution in [0.15, 0.2) is 46.3 Å². The molecule has 45 heteroatoms. The number of hydrogen-bond acceptors (Lipinski definition) is 36. The Kier molecular flexibility index (Phi) is 43.5. The van der Waals surface area contributed by atoms with Gasteiger partial charge in [0.05, 0.1) is 108 Å². The lowest BCUT2D eigenvalue weighted by atomic mass is 9.81. The van der Waals surface area contributed by atoms with Gasteiger partial charge in [-0.3, -0.25) is 48.1 Å². The number of fused-ring (bicyclic) bond motifs is 5. The van der Waals surface area contributed by atoms with E-state index in [1.54, 1.807) is 29.7 Å². The lowest BCUT2D eigenvalue weighted by molar-refractivity contribution is -0.345. The first-order chi connectivity index (χ1) is 63.2. The molecule has 6 aliphatic heterocycles. The number of unbranched alkanes of at least 4 members (excludes halogenated alkanes) is 4. The number of nitrogens with zero attached hydrogens (tertiary/aromatic N) is 6. The fourth-order valence-corrected chi connectivity index (χ4v) is 15.9. The first-order valence-electron chi connectivity index (χ1n) is 44.1. The monoisotopic (exact) mass is 1850 g/mol. The zero-order valence-electron chi connectivity index (χ0n) is 73.6. The number of esters is 2. The number of cyclic esters (lactones) is 1. The Morgan fingerprint density at radius 1 is 0.626 bits per heavy atom. The number of nitrogens with one attached hydrogen (secondary N) is 5. The first kappa shape index (κ1) is 105. The zero-order valence-corrected chi connectivity index (χ0v) is 73.6. The molecule has 16 atom stereocenters. The average molecular weight is 1850 g/mol. The second-order valence-corrected chi connectivity index (χ2v) is 31.9. The third kappa shape index (κ3) is 30.0. The second-order valence-electron chi connectivity index (χ2n) is 31.9. The fourth-order valence-electron chi connectivity index (χ4n) is 15.9. The lowest BCUT2D eigenvalue weighted by Crippen LogP contribution is -2.63. The highest BCUT2D eigenvalue weighted by molar-refractivity contribution is 6.13. The number of azide groups is 1. The van der Waals surface area contributed by atoms with Crippen molar-refractivity contribution in [3.8, 4) is 29.5 Å². The van der Waals surface area contributed by atoms with E-state index >= 15 is 0 Å². The van der Waals surface area contributed by atoms with Crippen LogP contribution in [0.25, 0.3) is 32.7 Å². The van der Waals surface area contributed by atoms with E-state index in [4.69, 9.17) is 88.0 Å². The van der Waals surface area contributed by atoms with Crippen molar-refractivity contribution < 1.29 is 160 Å². The van der Waals surface area contributed by atoms with Gasteiger partial charge in [0.15, 0.2) is 18.9 Å². The summed E-state index contributed by atoms with van der Waals surface area (Å²) >= 11 is 0. The van der Waals surface area contributed by atoms with Crippen LogP contribution < -0.4 is 32.1 Å². The van der Waals surface area contributed by atoms with Crippen molar-refractivity contribution in [3.05, 3.63) is 79.5 Å². The molecular formula is C86H123N11O34. The summed E-state index contributed by atoms with van der Waals surface area (Å²) in [5.41, 5.74) is 9.58. The molecule has 8 heterocycles. The predicted molar refractivity (Wildman–Crippen MR) is 453 cm³/mol. The van der Waals surface area contributed by atoms with Crippen LogP contribution in [-0.2, 0) is 139 Å². The van der Waals surface area contributed by atoms with Gasteiger partial charge in [-0.2, -0.15) is 0 Å². The van der Waals surface area contributed by atoms with Gasteiger partial charge < -0.3 is 148 Å². The number of aliphatic hydroxyl groups is 8. The number of aromatic nitrogens is 2. The van der Waals surface area contributed by atoms with Crippen LogP contribution in [0.2, 0.25) is 0 Å². The van der Waals surface area contributed by atoms with E-state index in [-0.39, 0.29) is 163 Å². The van der Waals surface area contributed by atoms with Crippen LogP contribution in [0.5, 0.6) is 5.75 Å². The number of terminal acetylenes is 1. The summed E-state index contributed by atoms with van der Waals surface area (Å²) in [5, 5.41) is 113. The molecule has 45 nitrogen and oxygen atoms in total. The number of rotatable bonds is 53. The lowest BCUT2D eigenvalue weighted by Gasteiger charge is -2.45. The van der Waals surface area contributed by atoms with Gasteiger partial charge in [-0.15, -0.1) is 6.42 Å². The van der Waals surface area contributed by atoms with Gasteiger partial charge in [-0.05, 0) is 105 Å². The van der Waals surface area contributed by atoms with Gasteiger partial charge in [-0.1, -0.05) is 37.7 Å². The van der Waals surface area contributed by atoms with Crippen molar-refractivity contribution in [1.82, 2.24) is 41.0 Å². The number of ether oxygens (including phenoxy) is 15. The number of benzene rings is 1. The van der Waals surface area contributed by atoms with E-state index in [2.05, 4.69) is 42.5 Å². The molecule has 4 fully saturated rings. The summed E-state index contributed by atoms with van der Waals surface area (Å²) in [6.45, 7) is 4.23. The third-order valence-electron chi connectivity index (χ3n) is 23.0. The molecule has 2 aromatic heterocycles. The first-order valence-corrected chi connectivity index (χ1v) is 44.1. The van der Waals surface area contributed by atoms with Crippen molar-refractivity contribution in [3.63, 3.8) is 0 Å². The quantitative estimate of drug-likeness (QED) is 0.00413. The Labute approximate surface area is 754 Å². The molecular weight excluding hydrogens is 1730 g/mol. The number of carbonyl (C=O) groups excluding carboxylic acids is 9. The number of aryl methyl sites for hydroxylation is 1. The molecule has 0 unspecified atom stereocenters. The van der Waals surface area contributed by atoms with E-state index in [0.717, 1.165) is 29.4 Å². The van der Waals surface area contributed by atoms with Crippen molar-refractivity contribution in [2.75, 3.05) is 152 Å². The summed E-state index contributed by atoms with van der Waals surface area (Å²) < 4.78 is 85.7. The molecule has 0 radical (unpaired) electrons. The number of aliphatic hydroxyl groups excluding tert-OH is 8. The molecule has 7 amide bonds. The largest absolute Gasteiger partial charge is 0.508 e. The summed E-state index contributed by atoms with van der Waals surface area (Å²) in [6.07, 6.45) is -7.39. The van der Waals surface area contributed by atoms with Crippen molar-refractivity contribution in [2.45, 2.75) is 215 Å². The minimum atomic E-state index is -1.96. The van der Waals surface area contributed by atoms with Gasteiger partial charge in [0.2, 0.25) is 35.1 Å². The molecule has 1 saturated carbocycles. The Hall–Kier alpha value is -9.42. The minimum Gasteiger partial charge on any atom is -0.508 e. The standard InChI is InChI=1S/C52H84N4O23.C34H39N7O11/c1-3-18-53-36(58)10-6-4-8-21-73-47-34(78-50(70-2)45(67)42(47)64)29-76-52-46(68)43(65)48(35(79-52)30-75-51-44(66)41(63)40(62)33(28-57)77-51)74-22-9-5-7-11-37(59)54-19-23-71-25-26-72-24-20-55-49(69)32-14-12-31(13-15-32)27-56-38(60)16-17-39(56)61;1-3-21-22-13-20(42)5-6-26(22)39-31-23(21)16-41-27(31)14-25-24(32(41)46)17-51-33(47)34(25,4-2)52-30(45)15-37-29(44)19-50-18-28(43)36-7-9-48-11-12-49-10-8-38-40-35/h1,16-17,31-35,40-48,50-52,57,62-68H,4-15,18-30H2,2H3,(H,53,58)(H,54,59)(H,55,69);5-6,13-14,42H,3-4,7-12,15-19H2,1-2H3,(H,36,43)(H,37,44)/t31?,32?,33-,34-,35-,40-,41+,42-,43-,44-,45-,46-,47-,48-,50+,51+,52+;34-/m10/s1. The number of aromatic hydroxyl groups is 1. The van der Waals surface area contributed by atoms with Gasteiger partial charge in [0, 0.05) is 105 Å². The predicted octanol–water partition coefficient (Wildman–Crippen LogP) is -2.51. The molecule has 1 aliphatic carbocycles. The minimum absolute atomic E-state index is 0.0320. The van der Waals surface area contributed by atoms with Crippen molar-refractivity contribution in [1.29, 1.82) is 0 Å². The fraction of sp³-hybridized carbons (Fsp3) is 0.686. The van der Waals surface area contributed by atoms with Crippen LogP contribution in [0.4, 0.5) is 0 Å². The highest BCUT2D eigenvalue weighted by Gasteiger charge is 2.53. The molecule has 14 N–H and O–H groups in total. The Bertz CT molecular complexity index is 4430. The molecule has 726 valence electrons. The van der Waals surface area contributed by atoms with E-state index < -0.39 is 167 Å². The van der Waals surface area contributed by atoms with Gasteiger partial charge >= 0.3 is 11.9 Å². The normalized spacial score (nSPS) is 26.0. The number of methoxy groups -OCH3 is 1. The molecule has 0 bridgehead atoms. The van der Waals surface area contributed by atoms with Crippen LogP contribution in [0.3, 0.4) is 0 Å². The maximum absolute atomic E-state index is 13.9. The molecule has 7 aliphatic rings. The number of imide groups is 1. The highest BCUT2D eigenvalue weighted by atomic mass is 16.8. The van der Waals surface area contributed by atoms with E-state index in [0.29, 0.717) is 108 Å². The highest BCUT2D eigenvalue weighted by Crippen LogP contribution is 2.43. The maximum Gasteiger partial charge on any atom is 0.355 e. The molecule has 0 spiro atoms. The molecule has 131 heavy (non-hydrogen) atoms. The van der Waals surface area contributed by atoms with Gasteiger partial charge in [0.1, 0.15) is 105 Å². The maximum atomic E-state index is 13.9. The summed E-state index contributed by atoms with van der Waals surface area (Å²) in [6, 6.07) is 6.52. The number of phenolic OH excluding ortho intramolecular Hbond substituents is 1. The Balaban J connectivity index is 0.000000320. The van der Waals surface area contributed by atoms with Crippen molar-refractivity contribution >= 4 is 64.2 Å². The second kappa shape index (κ2) is 54.1. The van der Waals surface area contributed by atoms with E-state index in [9.17, 15) is 93.9 Å². The molecule has 3 aromatic rings. The van der Waals surface area contributed by atoms with Crippen molar-refractivity contribution in [2.24, 2.45) is 17.0 Å². The topological polar surface area (TPSA) is 621 Å². The van der Waals surface area contributed by atoms with Crippen LogP contribution in [-0.4, -0.2) is 358 Å². The average Bonchev–Trinajstić information content (AvgIpc) is 1.42.